The highest BCUT2D eigenvalue weighted by atomic mass is 35.5. The number of primary amides is 1. The second-order valence-electron chi connectivity index (χ2n) is 31.7. The third-order valence-electron chi connectivity index (χ3n) is 23.2. The first-order valence-corrected chi connectivity index (χ1v) is 39.7. The van der Waals surface area contributed by atoms with Gasteiger partial charge in [0.15, 0.2) is 28.8 Å². The van der Waals surface area contributed by atoms with Gasteiger partial charge in [0, 0.05) is 54.5 Å². The molecule has 115 heavy (non-hydrogen) atoms. The van der Waals surface area contributed by atoms with Crippen LogP contribution < -0.4 is 56.0 Å². The number of phenols is 2. The zero-order valence-corrected chi connectivity index (χ0v) is 65.0. The number of halogens is 2. The summed E-state index contributed by atoms with van der Waals surface area (Å²) >= 11 is 14.3. The predicted octanol–water partition coefficient (Wildman–Crippen LogP) is 9.31. The van der Waals surface area contributed by atoms with Crippen LogP contribution in [-0.4, -0.2) is 150 Å². The number of aliphatic hydroxyl groups excluding tert-OH is 6. The molecule has 1 saturated heterocycles. The summed E-state index contributed by atoms with van der Waals surface area (Å²) in [6.07, 6.45) is -10.9. The number of hydrogen-bond donors (Lipinski definition) is 14. The highest BCUT2D eigenvalue weighted by Crippen LogP contribution is 2.58. The number of ether oxygens (including phenoxy) is 6. The molecule has 6 amide bonds. The number of benzene rings is 6. The Kier molecular flexibility index (Phi) is 25.4. The molecule has 0 radical (unpaired) electrons. The fourth-order valence-corrected chi connectivity index (χ4v) is 18.0. The van der Waals surface area contributed by atoms with E-state index < -0.39 is 192 Å². The average Bonchev–Trinajstić information content (AvgIpc) is 0.760. The molecule has 15 N–H and O–H groups in total. The molecule has 10 aliphatic rings. The van der Waals surface area contributed by atoms with Crippen molar-refractivity contribution < 1.29 is 112 Å². The summed E-state index contributed by atoms with van der Waals surface area (Å²) in [5.74, 6) is -15.0. The summed E-state index contributed by atoms with van der Waals surface area (Å²) in [7, 11) is 0. The van der Waals surface area contributed by atoms with E-state index in [4.69, 9.17) is 57.4 Å². The molecule has 4 aliphatic carbocycles. The number of nitrogens with two attached hydrogens (primary N) is 1. The molecule has 6 heterocycles. The summed E-state index contributed by atoms with van der Waals surface area (Å²) in [5.41, 5.74) is 4.51. The van der Waals surface area contributed by atoms with E-state index in [0.29, 0.717) is 37.0 Å². The van der Waals surface area contributed by atoms with Crippen LogP contribution in [0.3, 0.4) is 0 Å². The second-order valence-corrected chi connectivity index (χ2v) is 32.5. The van der Waals surface area contributed by atoms with Crippen LogP contribution in [0.4, 0.5) is 10.5 Å². The third-order valence-corrected chi connectivity index (χ3v) is 23.8. The van der Waals surface area contributed by atoms with E-state index in [-0.39, 0.29) is 102 Å². The van der Waals surface area contributed by atoms with Crippen LogP contribution in [-0.2, 0) is 43.1 Å². The van der Waals surface area contributed by atoms with Crippen molar-refractivity contribution in [2.24, 2.45) is 53.1 Å². The van der Waals surface area contributed by atoms with Gasteiger partial charge in [0.25, 0.3) is 0 Å². The molecule has 5 fully saturated rings. The van der Waals surface area contributed by atoms with Crippen LogP contribution in [0.1, 0.15) is 169 Å². The van der Waals surface area contributed by atoms with Gasteiger partial charge in [-0.2, -0.15) is 0 Å². The van der Waals surface area contributed by atoms with Gasteiger partial charge in [-0.15, -0.1) is 0 Å². The number of fused-ring (bicyclic) bond motifs is 15. The van der Waals surface area contributed by atoms with E-state index in [1.807, 2.05) is 20.8 Å². The van der Waals surface area contributed by atoms with Crippen LogP contribution in [0.25, 0.3) is 11.1 Å². The number of carbonyl (C=O) groups is 9. The third kappa shape index (κ3) is 18.2. The highest BCUT2D eigenvalue weighted by Gasteiger charge is 2.51. The smallest absolute Gasteiger partial charge is 0.417 e. The van der Waals surface area contributed by atoms with Gasteiger partial charge in [-0.05, 0) is 194 Å². The van der Waals surface area contributed by atoms with Crippen LogP contribution in [0.5, 0.6) is 51.7 Å². The molecular formula is C84H94Cl2N6O23. The predicted molar refractivity (Wildman–Crippen MR) is 414 cm³/mol. The molecular weight excluding hydrogens is 1530 g/mol. The van der Waals surface area contributed by atoms with Crippen molar-refractivity contribution in [1.82, 2.24) is 21.3 Å². The van der Waals surface area contributed by atoms with E-state index >= 15 is 28.8 Å². The van der Waals surface area contributed by atoms with Crippen LogP contribution in [0.2, 0.25) is 10.0 Å². The normalized spacial score (nSPS) is 28.0. The molecule has 4 saturated carbocycles. The Balaban J connectivity index is 0.990. The standard InChI is InChI=1S/C84H94Cl2N6O23/c1-5-7-18-110-49-13-11-48(12-14-49)88-84(109)111-50-32-54-68(58(95)33-50)53-25-41(8-15-57(53)94)52-35-60(97)69-46-29-64(112-62-16-9-42(26-55(62)85)73(100)71(91-79(105)40(6-2)19-37(3)4)59(96)28-47(31-67(87)99)80(106)89-69)78(115-83-77(104)76(103)75(102)66(36-93)114-83)65(30-46)113-63-17-10-43(27-56(63)86)74(101)72(92-81(52)107)82(108)90-70(54)61(98)34-51-44-21-38-20-39(23-44)24-45(51)22-38/h8-17,25-27,29-30,32-33,37-40,44-45,47,51-52,66,69-77,83,93-95,100-104H,5-7,18-24,28,31,34-36H2,1-4H3,(H2,87,99)(H,88,109)(H,89,106)(H,90,108)(H,91,105)(H,92,107)/t38?,39?,40-,44?,45?,47+,51?,52-,66-,69?,70+,71+,72+,73-,74-,75-,76+,77-,83+/m1/s1. The first kappa shape index (κ1) is 83.0. The van der Waals surface area contributed by atoms with Gasteiger partial charge in [0.1, 0.15) is 95.3 Å². The Morgan fingerprint density at radius 1 is 0.652 bits per heavy atom. The molecule has 29 nitrogen and oxygen atoms in total. The summed E-state index contributed by atoms with van der Waals surface area (Å²) in [6, 6.07) is 13.8. The lowest BCUT2D eigenvalue weighted by atomic mass is 9.51. The van der Waals surface area contributed by atoms with E-state index in [2.05, 4.69) is 26.6 Å². The monoisotopic (exact) mass is 1620 g/mol. The minimum absolute atomic E-state index is 0.00666. The molecule has 15 bridgehead atoms. The number of aromatic hydroxyl groups is 2. The molecule has 16 rings (SSSR count). The summed E-state index contributed by atoms with van der Waals surface area (Å²) in [6.45, 7) is 7.09. The zero-order chi connectivity index (χ0) is 82.1. The maximum Gasteiger partial charge on any atom is 0.417 e. The minimum Gasteiger partial charge on any atom is -0.507 e. The van der Waals surface area contributed by atoms with Gasteiger partial charge >= 0.3 is 6.09 Å². The number of ketones is 3. The first-order valence-electron chi connectivity index (χ1n) is 38.9. The maximum absolute atomic E-state index is 16.4. The number of carbonyl (C=O) groups excluding carboxylic acids is 9. The Hall–Kier alpha value is -9.95. The molecule has 6 aromatic carbocycles. The van der Waals surface area contributed by atoms with Crippen molar-refractivity contribution in [2.45, 2.75) is 184 Å². The van der Waals surface area contributed by atoms with Crippen molar-refractivity contribution in [2.75, 3.05) is 18.5 Å². The SMILES string of the molecule is CCCCOc1ccc(NC(=O)Oc2cc(O)c3c(c2)[C@@H](C(=O)CC2C4CC5CC(C4)CC2C5)NC(=O)[C@H]2NC(=O)[C@H](CC(=O)C4NC(=O)[C@H](CC(N)=O)CC(=O)[C@H](NC(=O)[C@H](CC)CC(C)C)[C@H](O)c5ccc(c(Cl)c5)Oc5cc4cc(c5O[C@@H]4O[C@H](CO)[C@@H](O)[C@H](O)[C@H]4O)Oc4ccc(cc4Cl)[C@H]2O)c2ccc(O)c-3c2)cc1. The van der Waals surface area contributed by atoms with Crippen LogP contribution in [0, 0.1) is 47.3 Å². The van der Waals surface area contributed by atoms with Crippen molar-refractivity contribution >= 4 is 81.9 Å². The Morgan fingerprint density at radius 2 is 1.30 bits per heavy atom. The Bertz CT molecular complexity index is 4710. The minimum atomic E-state index is -2.17. The first-order chi connectivity index (χ1) is 54.9. The van der Waals surface area contributed by atoms with Gasteiger partial charge in [0.2, 0.25) is 41.6 Å². The summed E-state index contributed by atoms with van der Waals surface area (Å²) in [5, 5.41) is 107. The topological polar surface area (TPSA) is 457 Å². The molecule has 31 heteroatoms. The lowest BCUT2D eigenvalue weighted by Crippen LogP contribution is -2.60. The fraction of sp³-hybridized carbons (Fsp3) is 0.464. The highest BCUT2D eigenvalue weighted by molar-refractivity contribution is 6.32. The second kappa shape index (κ2) is 35.2. The zero-order valence-electron chi connectivity index (χ0n) is 63.5. The molecule has 1 unspecified atom stereocenters. The molecule has 6 aromatic rings. The van der Waals surface area contributed by atoms with Crippen molar-refractivity contribution in [1.29, 1.82) is 0 Å². The van der Waals surface area contributed by atoms with Gasteiger partial charge in [-0.1, -0.05) is 75.5 Å². The fourth-order valence-electron chi connectivity index (χ4n) is 17.5. The molecule has 0 aromatic heterocycles. The van der Waals surface area contributed by atoms with Gasteiger partial charge < -0.3 is 96.3 Å². The van der Waals surface area contributed by atoms with Crippen molar-refractivity contribution in [3.8, 4) is 62.9 Å². The molecule has 612 valence electrons. The summed E-state index contributed by atoms with van der Waals surface area (Å²) in [4.78, 5) is 137. The number of nitrogens with one attached hydrogen (secondary N) is 5. The van der Waals surface area contributed by atoms with E-state index in [1.54, 1.807) is 31.2 Å². The van der Waals surface area contributed by atoms with Crippen LogP contribution in [0.15, 0.2) is 103 Å². The number of rotatable bonds is 19. The van der Waals surface area contributed by atoms with E-state index in [1.165, 1.54) is 48.5 Å². The number of aliphatic hydroxyl groups is 6. The number of anilines is 1. The van der Waals surface area contributed by atoms with Crippen molar-refractivity contribution in [3.63, 3.8) is 0 Å². The lowest BCUT2D eigenvalue weighted by Gasteiger charge is -2.54. The van der Waals surface area contributed by atoms with Crippen LogP contribution >= 0.6 is 23.2 Å². The Labute approximate surface area is 671 Å². The molecule has 14 atom stereocenters. The molecule has 0 spiro atoms. The van der Waals surface area contributed by atoms with Gasteiger partial charge in [-0.3, -0.25) is 43.7 Å². The van der Waals surface area contributed by atoms with Gasteiger partial charge in [-0.25, -0.2) is 4.79 Å². The quantitative estimate of drug-likeness (QED) is 0.0336. The maximum atomic E-state index is 16.4. The number of phenolic OH excluding ortho intramolecular Hbond substituents is 2. The van der Waals surface area contributed by atoms with Crippen molar-refractivity contribution in [3.05, 3.63) is 141 Å². The molecule has 6 aliphatic heterocycles. The number of hydrogen-bond acceptors (Lipinski definition) is 23. The van der Waals surface area contributed by atoms with E-state index in [0.717, 1.165) is 75.3 Å². The van der Waals surface area contributed by atoms with Gasteiger partial charge in [0.05, 0.1) is 35.1 Å². The average molecular weight is 1630 g/mol. The number of Topliss-reactive ketones (excluding diaryl/α,β-unsaturated/α-hetero) is 3. The largest absolute Gasteiger partial charge is 0.507 e. The summed E-state index contributed by atoms with van der Waals surface area (Å²) < 4.78 is 37.2. The number of unbranched alkanes of at least 4 members (excludes halogenated alkanes) is 1. The Morgan fingerprint density at radius 3 is 1.90 bits per heavy atom. The van der Waals surface area contributed by atoms with E-state index in [9.17, 15) is 55.2 Å². The number of amides is 6. The lowest BCUT2D eigenvalue weighted by molar-refractivity contribution is -0.277.